The number of nitrogens with one attached hydrogen (secondary N) is 1. The Morgan fingerprint density at radius 2 is 2.21 bits per heavy atom. The average Bonchev–Trinajstić information content (AvgIpc) is 3.26. The van der Waals surface area contributed by atoms with Crippen molar-refractivity contribution in [1.29, 1.82) is 0 Å². The Kier molecular flexibility index (Phi) is 3.47. The number of ether oxygens (including phenoxy) is 1. The van der Waals surface area contributed by atoms with Crippen LogP contribution in [0.25, 0.3) is 10.9 Å². The molecule has 1 heterocycles. The molecule has 0 bridgehead atoms. The van der Waals surface area contributed by atoms with Crippen molar-refractivity contribution in [2.24, 2.45) is 0 Å². The fourth-order valence-electron chi connectivity index (χ4n) is 2.09. The summed E-state index contributed by atoms with van der Waals surface area (Å²) in [5, 5.41) is 4.54. The first-order valence-corrected chi connectivity index (χ1v) is 6.72. The van der Waals surface area contributed by atoms with Crippen molar-refractivity contribution in [3.05, 3.63) is 48.7 Å². The van der Waals surface area contributed by atoms with Gasteiger partial charge in [0.15, 0.2) is 0 Å². The van der Waals surface area contributed by atoms with Gasteiger partial charge in [0.1, 0.15) is 12.4 Å². The van der Waals surface area contributed by atoms with Crippen molar-refractivity contribution in [1.82, 2.24) is 10.3 Å². The molecule has 1 aromatic heterocycles. The van der Waals surface area contributed by atoms with Crippen LogP contribution in [0, 0.1) is 0 Å². The third kappa shape index (κ3) is 2.93. The molecule has 0 saturated heterocycles. The van der Waals surface area contributed by atoms with Crippen LogP contribution >= 0.6 is 0 Å². The largest absolute Gasteiger partial charge is 0.489 e. The van der Waals surface area contributed by atoms with Crippen LogP contribution in [0.15, 0.2) is 43.0 Å². The van der Waals surface area contributed by atoms with Crippen LogP contribution in [0.2, 0.25) is 0 Å². The topological polar surface area (TPSA) is 34.1 Å². The summed E-state index contributed by atoms with van der Waals surface area (Å²) < 4.78 is 5.75. The van der Waals surface area contributed by atoms with Crippen molar-refractivity contribution >= 4 is 10.9 Å². The molecular formula is C16H18N2O. The standard InChI is InChI=1S/C16H18N2O/c1-2-9-19-16-10-13(11-17-12-7-8-12)18-15-6-4-3-5-14(15)16/h2-6,10,12,17H,1,7-9,11H2. The van der Waals surface area contributed by atoms with Crippen LogP contribution in [0.5, 0.6) is 5.75 Å². The summed E-state index contributed by atoms with van der Waals surface area (Å²) in [6.45, 7) is 5.02. The highest BCUT2D eigenvalue weighted by atomic mass is 16.5. The van der Waals surface area contributed by atoms with Gasteiger partial charge in [-0.2, -0.15) is 0 Å². The smallest absolute Gasteiger partial charge is 0.131 e. The summed E-state index contributed by atoms with van der Waals surface area (Å²) >= 11 is 0. The number of para-hydroxylation sites is 1. The van der Waals surface area contributed by atoms with E-state index >= 15 is 0 Å². The molecule has 1 N–H and O–H groups in total. The molecule has 1 aliphatic rings. The first-order chi connectivity index (χ1) is 9.36. The van der Waals surface area contributed by atoms with Gasteiger partial charge < -0.3 is 10.1 Å². The van der Waals surface area contributed by atoms with Gasteiger partial charge in [0.05, 0.1) is 11.2 Å². The van der Waals surface area contributed by atoms with Crippen LogP contribution < -0.4 is 10.1 Å². The molecule has 1 aromatic carbocycles. The van der Waals surface area contributed by atoms with E-state index in [0.29, 0.717) is 12.6 Å². The molecule has 0 atom stereocenters. The first kappa shape index (κ1) is 12.2. The first-order valence-electron chi connectivity index (χ1n) is 6.72. The molecule has 19 heavy (non-hydrogen) atoms. The lowest BCUT2D eigenvalue weighted by atomic mass is 10.2. The lowest BCUT2D eigenvalue weighted by Gasteiger charge is -2.10. The number of hydrogen-bond donors (Lipinski definition) is 1. The Morgan fingerprint density at radius 1 is 1.37 bits per heavy atom. The number of benzene rings is 1. The second-order valence-corrected chi connectivity index (χ2v) is 4.88. The van der Waals surface area contributed by atoms with Crippen molar-refractivity contribution in [3.8, 4) is 5.75 Å². The number of hydrogen-bond acceptors (Lipinski definition) is 3. The minimum absolute atomic E-state index is 0.517. The van der Waals surface area contributed by atoms with Crippen molar-refractivity contribution in [3.63, 3.8) is 0 Å². The van der Waals surface area contributed by atoms with Gasteiger partial charge >= 0.3 is 0 Å². The SMILES string of the molecule is C=CCOc1cc(CNC2CC2)nc2ccccc12. The predicted molar refractivity (Wildman–Crippen MR) is 77.3 cm³/mol. The van der Waals surface area contributed by atoms with E-state index in [1.807, 2.05) is 30.3 Å². The molecule has 1 fully saturated rings. The van der Waals surface area contributed by atoms with Gasteiger partial charge in [0.25, 0.3) is 0 Å². The summed E-state index contributed by atoms with van der Waals surface area (Å²) in [4.78, 5) is 4.68. The normalized spacial score (nSPS) is 14.5. The average molecular weight is 254 g/mol. The van der Waals surface area contributed by atoms with E-state index in [-0.39, 0.29) is 0 Å². The molecule has 2 aromatic rings. The minimum atomic E-state index is 0.517. The fraction of sp³-hybridized carbons (Fsp3) is 0.312. The summed E-state index contributed by atoms with van der Waals surface area (Å²) in [7, 11) is 0. The van der Waals surface area contributed by atoms with Gasteiger partial charge in [-0.15, -0.1) is 0 Å². The Hall–Kier alpha value is -1.87. The molecule has 1 saturated carbocycles. The second kappa shape index (κ2) is 5.41. The zero-order chi connectivity index (χ0) is 13.1. The van der Waals surface area contributed by atoms with Gasteiger partial charge in [-0.05, 0) is 25.0 Å². The predicted octanol–water partition coefficient (Wildman–Crippen LogP) is 3.05. The van der Waals surface area contributed by atoms with E-state index in [4.69, 9.17) is 4.74 Å². The zero-order valence-electron chi connectivity index (χ0n) is 10.9. The minimum Gasteiger partial charge on any atom is -0.489 e. The van der Waals surface area contributed by atoms with Gasteiger partial charge in [-0.25, -0.2) is 0 Å². The van der Waals surface area contributed by atoms with E-state index in [0.717, 1.165) is 28.9 Å². The van der Waals surface area contributed by atoms with Crippen LogP contribution in [0.4, 0.5) is 0 Å². The molecule has 0 spiro atoms. The van der Waals surface area contributed by atoms with Gasteiger partial charge in [-0.1, -0.05) is 24.8 Å². The molecule has 3 heteroatoms. The van der Waals surface area contributed by atoms with Gasteiger partial charge in [0.2, 0.25) is 0 Å². The molecule has 1 aliphatic carbocycles. The lowest BCUT2D eigenvalue weighted by molar-refractivity contribution is 0.366. The summed E-state index contributed by atoms with van der Waals surface area (Å²) in [5.74, 6) is 0.887. The molecule has 3 rings (SSSR count). The van der Waals surface area contributed by atoms with Gasteiger partial charge in [-0.3, -0.25) is 4.98 Å². The monoisotopic (exact) mass is 254 g/mol. The number of nitrogens with zero attached hydrogens (tertiary/aromatic N) is 1. The fourth-order valence-corrected chi connectivity index (χ4v) is 2.09. The van der Waals surface area contributed by atoms with E-state index in [1.54, 1.807) is 6.08 Å². The van der Waals surface area contributed by atoms with E-state index < -0.39 is 0 Å². The molecule has 0 amide bonds. The highest BCUT2D eigenvalue weighted by Gasteiger charge is 2.20. The van der Waals surface area contributed by atoms with Crippen LogP contribution in [-0.2, 0) is 6.54 Å². The summed E-state index contributed by atoms with van der Waals surface area (Å²) in [6.07, 6.45) is 4.33. The van der Waals surface area contributed by atoms with E-state index in [2.05, 4.69) is 16.9 Å². The summed E-state index contributed by atoms with van der Waals surface area (Å²) in [5.41, 5.74) is 2.02. The number of fused-ring (bicyclic) bond motifs is 1. The molecule has 3 nitrogen and oxygen atoms in total. The lowest BCUT2D eigenvalue weighted by Crippen LogP contribution is -2.16. The van der Waals surface area contributed by atoms with Gasteiger partial charge in [0, 0.05) is 24.0 Å². The number of rotatable bonds is 6. The maximum Gasteiger partial charge on any atom is 0.131 e. The summed E-state index contributed by atoms with van der Waals surface area (Å²) in [6, 6.07) is 10.8. The highest BCUT2D eigenvalue weighted by Crippen LogP contribution is 2.26. The maximum absolute atomic E-state index is 5.75. The quantitative estimate of drug-likeness (QED) is 0.804. The van der Waals surface area contributed by atoms with Crippen molar-refractivity contribution < 1.29 is 4.74 Å². The van der Waals surface area contributed by atoms with Crippen molar-refractivity contribution in [2.75, 3.05) is 6.61 Å². The maximum atomic E-state index is 5.75. The Labute approximate surface area is 113 Å². The Bertz CT molecular complexity index is 590. The van der Waals surface area contributed by atoms with E-state index in [9.17, 15) is 0 Å². The van der Waals surface area contributed by atoms with Crippen LogP contribution in [-0.4, -0.2) is 17.6 Å². The van der Waals surface area contributed by atoms with Crippen molar-refractivity contribution in [2.45, 2.75) is 25.4 Å². The van der Waals surface area contributed by atoms with Crippen LogP contribution in [0.1, 0.15) is 18.5 Å². The highest BCUT2D eigenvalue weighted by molar-refractivity contribution is 5.85. The Morgan fingerprint density at radius 3 is 3.00 bits per heavy atom. The number of pyridine rings is 1. The molecule has 0 radical (unpaired) electrons. The van der Waals surface area contributed by atoms with Crippen LogP contribution in [0.3, 0.4) is 0 Å². The van der Waals surface area contributed by atoms with E-state index in [1.165, 1.54) is 12.8 Å². The molecular weight excluding hydrogens is 236 g/mol. The molecule has 98 valence electrons. The third-order valence-electron chi connectivity index (χ3n) is 3.24. The second-order valence-electron chi connectivity index (χ2n) is 4.88. The molecule has 0 aliphatic heterocycles. The number of aromatic nitrogens is 1. The zero-order valence-corrected chi connectivity index (χ0v) is 10.9. The third-order valence-corrected chi connectivity index (χ3v) is 3.24. The Balaban J connectivity index is 1.90. The molecule has 0 unspecified atom stereocenters.